The second-order valence-corrected chi connectivity index (χ2v) is 11.1. The van der Waals surface area contributed by atoms with E-state index in [-0.39, 0.29) is 5.78 Å². The lowest BCUT2D eigenvalue weighted by Gasteiger charge is -2.35. The van der Waals surface area contributed by atoms with Crippen molar-refractivity contribution in [2.24, 2.45) is 13.0 Å². The van der Waals surface area contributed by atoms with Gasteiger partial charge in [-0.1, -0.05) is 6.07 Å². The molecule has 7 heteroatoms. The fraction of sp³-hybridized carbons (Fsp3) is 0.679. The number of ketones is 1. The highest BCUT2D eigenvalue weighted by molar-refractivity contribution is 5.80. The van der Waals surface area contributed by atoms with Crippen molar-refractivity contribution in [3.63, 3.8) is 0 Å². The zero-order valence-electron chi connectivity index (χ0n) is 21.1. The number of alkyl halides is 1. The van der Waals surface area contributed by atoms with E-state index in [0.29, 0.717) is 44.1 Å². The summed E-state index contributed by atoms with van der Waals surface area (Å²) in [5, 5.41) is 4.13. The van der Waals surface area contributed by atoms with Crippen molar-refractivity contribution in [3.8, 4) is 5.88 Å². The molecular weight excluding hydrogens is 443 g/mol. The molecule has 0 bridgehead atoms. The van der Waals surface area contributed by atoms with E-state index in [9.17, 15) is 4.79 Å². The maximum absolute atomic E-state index is 15.6. The lowest BCUT2D eigenvalue weighted by molar-refractivity contribution is -0.119. The molecule has 0 radical (unpaired) electrons. The molecule has 0 N–H and O–H groups in total. The second-order valence-electron chi connectivity index (χ2n) is 11.1. The molecule has 2 fully saturated rings. The van der Waals surface area contributed by atoms with Gasteiger partial charge in [0, 0.05) is 63.9 Å². The zero-order chi connectivity index (χ0) is 24.3. The zero-order valence-corrected chi connectivity index (χ0v) is 21.1. The average Bonchev–Trinajstić information content (AvgIpc) is 3.10. The number of pyridine rings is 1. The average molecular weight is 483 g/mol. The number of halogens is 1. The standard InChI is InChI=1S/C28H39FN4O2/c1-32-20-22(19-30-32)18-24(34)17-21-7-11-28(29,12-8-21)13-16-33-14-9-23-5-6-27(31-26(23)10-15-33)35-25-3-2-4-25/h5-6,19-21,25H,2-4,7-18H2,1H3. The van der Waals surface area contributed by atoms with Gasteiger partial charge >= 0.3 is 0 Å². The van der Waals surface area contributed by atoms with E-state index in [0.717, 1.165) is 75.3 Å². The maximum Gasteiger partial charge on any atom is 0.213 e. The minimum atomic E-state index is -1.09. The Morgan fingerprint density at radius 1 is 1.17 bits per heavy atom. The van der Waals surface area contributed by atoms with Crippen LogP contribution in [0, 0.1) is 5.92 Å². The van der Waals surface area contributed by atoms with E-state index in [2.05, 4.69) is 16.1 Å². The summed E-state index contributed by atoms with van der Waals surface area (Å²) >= 11 is 0. The third kappa shape index (κ3) is 6.49. The molecule has 3 aliphatic rings. The molecule has 1 aliphatic heterocycles. The Morgan fingerprint density at radius 2 is 1.97 bits per heavy atom. The largest absolute Gasteiger partial charge is 0.474 e. The summed E-state index contributed by atoms with van der Waals surface area (Å²) in [5.41, 5.74) is 2.32. The number of aryl methyl sites for hydroxylation is 1. The highest BCUT2D eigenvalue weighted by atomic mass is 19.1. The maximum atomic E-state index is 15.6. The van der Waals surface area contributed by atoms with Crippen LogP contribution >= 0.6 is 0 Å². The molecule has 35 heavy (non-hydrogen) atoms. The molecule has 2 saturated carbocycles. The Labute approximate surface area is 208 Å². The van der Waals surface area contributed by atoms with Crippen molar-refractivity contribution >= 4 is 5.78 Å². The highest BCUT2D eigenvalue weighted by Crippen LogP contribution is 2.39. The molecule has 2 aliphatic carbocycles. The van der Waals surface area contributed by atoms with Crippen molar-refractivity contribution in [2.75, 3.05) is 19.6 Å². The molecule has 0 aromatic carbocycles. The first-order chi connectivity index (χ1) is 16.9. The Kier molecular flexibility index (Phi) is 7.51. The fourth-order valence-corrected chi connectivity index (χ4v) is 5.75. The minimum Gasteiger partial charge on any atom is -0.474 e. The lowest BCUT2D eigenvalue weighted by atomic mass is 9.76. The molecule has 2 aromatic heterocycles. The number of nitrogens with zero attached hydrogens (tertiary/aromatic N) is 4. The summed E-state index contributed by atoms with van der Waals surface area (Å²) in [5.74, 6) is 1.33. The van der Waals surface area contributed by atoms with Crippen LogP contribution in [0.3, 0.4) is 0 Å². The molecule has 5 rings (SSSR count). The smallest absolute Gasteiger partial charge is 0.213 e. The number of fused-ring (bicyclic) bond motifs is 1. The van der Waals surface area contributed by atoms with Crippen LogP contribution in [-0.4, -0.2) is 56.9 Å². The van der Waals surface area contributed by atoms with Crippen LogP contribution in [0.25, 0.3) is 0 Å². The highest BCUT2D eigenvalue weighted by Gasteiger charge is 2.36. The van der Waals surface area contributed by atoms with Crippen LogP contribution in [0.5, 0.6) is 5.88 Å². The Bertz CT molecular complexity index is 1010. The van der Waals surface area contributed by atoms with Crippen molar-refractivity contribution in [3.05, 3.63) is 41.3 Å². The SMILES string of the molecule is Cn1cc(CC(=O)CC2CCC(F)(CCN3CCc4ccc(OC5CCC5)nc4CC3)CC2)cn1. The number of hydrogen-bond acceptors (Lipinski definition) is 5. The van der Waals surface area contributed by atoms with Gasteiger partial charge in [0.05, 0.1) is 6.20 Å². The molecule has 0 saturated heterocycles. The topological polar surface area (TPSA) is 60.2 Å². The summed E-state index contributed by atoms with van der Waals surface area (Å²) in [4.78, 5) is 19.7. The van der Waals surface area contributed by atoms with Gasteiger partial charge in [0.2, 0.25) is 5.88 Å². The summed E-state index contributed by atoms with van der Waals surface area (Å²) in [6.07, 6.45) is 13.8. The summed E-state index contributed by atoms with van der Waals surface area (Å²) in [6.45, 7) is 2.67. The summed E-state index contributed by atoms with van der Waals surface area (Å²) in [7, 11) is 1.86. The predicted octanol–water partition coefficient (Wildman–Crippen LogP) is 4.64. The van der Waals surface area contributed by atoms with Gasteiger partial charge in [-0.15, -0.1) is 0 Å². The first-order valence-corrected chi connectivity index (χ1v) is 13.5. The summed E-state index contributed by atoms with van der Waals surface area (Å²) < 4.78 is 23.3. The first-order valence-electron chi connectivity index (χ1n) is 13.5. The number of ether oxygens (including phenoxy) is 1. The third-order valence-electron chi connectivity index (χ3n) is 8.30. The predicted molar refractivity (Wildman–Crippen MR) is 133 cm³/mol. The lowest BCUT2D eigenvalue weighted by Crippen LogP contribution is -2.36. The molecule has 3 heterocycles. The van der Waals surface area contributed by atoms with Gasteiger partial charge in [-0.05, 0) is 74.8 Å². The van der Waals surface area contributed by atoms with Gasteiger partial charge in [0.1, 0.15) is 17.6 Å². The van der Waals surface area contributed by atoms with Gasteiger partial charge in [-0.3, -0.25) is 9.48 Å². The fourth-order valence-electron chi connectivity index (χ4n) is 5.75. The number of Topliss-reactive ketones (excluding diaryl/α,β-unsaturated/α-hetero) is 1. The van der Waals surface area contributed by atoms with Crippen molar-refractivity contribution < 1.29 is 13.9 Å². The van der Waals surface area contributed by atoms with E-state index in [4.69, 9.17) is 9.72 Å². The minimum absolute atomic E-state index is 0.244. The van der Waals surface area contributed by atoms with Gasteiger partial charge in [0.15, 0.2) is 0 Å². The van der Waals surface area contributed by atoms with Crippen LogP contribution in [-0.2, 0) is 31.1 Å². The van der Waals surface area contributed by atoms with E-state index in [1.165, 1.54) is 12.0 Å². The van der Waals surface area contributed by atoms with Gasteiger partial charge in [-0.25, -0.2) is 9.37 Å². The molecule has 6 nitrogen and oxygen atoms in total. The second kappa shape index (κ2) is 10.8. The van der Waals surface area contributed by atoms with Gasteiger partial charge in [-0.2, -0.15) is 5.10 Å². The molecule has 0 amide bonds. The Hall–Kier alpha value is -2.28. The molecule has 2 aromatic rings. The van der Waals surface area contributed by atoms with Crippen LogP contribution in [0.4, 0.5) is 4.39 Å². The van der Waals surface area contributed by atoms with Gasteiger partial charge < -0.3 is 9.64 Å². The Balaban J connectivity index is 1.04. The van der Waals surface area contributed by atoms with Gasteiger partial charge in [0.25, 0.3) is 0 Å². The van der Waals surface area contributed by atoms with Crippen LogP contribution in [0.15, 0.2) is 24.5 Å². The number of aromatic nitrogens is 3. The normalized spacial score (nSPS) is 25.5. The van der Waals surface area contributed by atoms with E-state index >= 15 is 4.39 Å². The van der Waals surface area contributed by atoms with E-state index in [1.807, 2.05) is 19.3 Å². The van der Waals surface area contributed by atoms with E-state index < -0.39 is 5.67 Å². The van der Waals surface area contributed by atoms with Crippen molar-refractivity contribution in [1.82, 2.24) is 19.7 Å². The molecule has 190 valence electrons. The summed E-state index contributed by atoms with van der Waals surface area (Å²) in [6, 6.07) is 4.19. The van der Waals surface area contributed by atoms with Crippen LogP contribution in [0.1, 0.15) is 74.6 Å². The number of carbonyl (C=O) groups is 1. The first kappa shape index (κ1) is 24.4. The van der Waals surface area contributed by atoms with Crippen LogP contribution < -0.4 is 4.74 Å². The van der Waals surface area contributed by atoms with E-state index in [1.54, 1.807) is 10.9 Å². The number of hydrogen-bond donors (Lipinski definition) is 0. The quantitative estimate of drug-likeness (QED) is 0.521. The van der Waals surface area contributed by atoms with Crippen molar-refractivity contribution in [1.29, 1.82) is 0 Å². The number of rotatable bonds is 9. The molecule has 0 spiro atoms. The third-order valence-corrected chi connectivity index (χ3v) is 8.30. The van der Waals surface area contributed by atoms with Crippen LogP contribution in [0.2, 0.25) is 0 Å². The molecule has 0 unspecified atom stereocenters. The monoisotopic (exact) mass is 482 g/mol. The Morgan fingerprint density at radius 3 is 2.69 bits per heavy atom. The van der Waals surface area contributed by atoms with Crippen molar-refractivity contribution in [2.45, 2.75) is 88.8 Å². The molecule has 0 atom stereocenters. The number of carbonyl (C=O) groups excluding carboxylic acids is 1. The molecular formula is C28H39FN4O2.